The number of hydrogen-bond acceptors (Lipinski definition) is 7. The van der Waals surface area contributed by atoms with E-state index in [1.807, 2.05) is 13.8 Å². The summed E-state index contributed by atoms with van der Waals surface area (Å²) in [5, 5.41) is 15.0. The molecule has 0 spiro atoms. The Hall–Kier alpha value is -1.41. The molecular formula is C20H32N4O3S. The van der Waals surface area contributed by atoms with Gasteiger partial charge in [-0.25, -0.2) is 0 Å². The van der Waals surface area contributed by atoms with Crippen LogP contribution in [0.3, 0.4) is 0 Å². The van der Waals surface area contributed by atoms with Crippen LogP contribution in [-0.4, -0.2) is 46.3 Å². The van der Waals surface area contributed by atoms with Crippen LogP contribution in [0, 0.1) is 11.8 Å². The highest BCUT2D eigenvalue weighted by Gasteiger charge is 2.36. The van der Waals surface area contributed by atoms with Crippen molar-refractivity contribution in [3.05, 3.63) is 5.89 Å². The Morgan fingerprint density at radius 3 is 2.39 bits per heavy atom. The molecule has 0 radical (unpaired) electrons. The zero-order chi connectivity index (χ0) is 19.9. The largest absolute Gasteiger partial charge is 0.408 e. The molecule has 1 aliphatic carbocycles. The number of piperidine rings is 1. The lowest BCUT2D eigenvalue weighted by atomic mass is 9.86. The minimum Gasteiger partial charge on any atom is -0.408 e. The lowest BCUT2D eigenvalue weighted by Gasteiger charge is -2.30. The number of nitrogens with zero attached hydrogens (tertiary/aromatic N) is 2. The molecule has 1 aromatic heterocycles. The molecule has 2 N–H and O–H groups in total. The standard InChI is InChI=1S/C20H32N4O3S/c1-13(2)28-20-24-23-19(27-20)17(25)16(14-9-11-21-12-10-14)22-18(26)15-7-5-3-4-6-8-15/h13-16,21H,3-12H2,1-2H3,(H,22,26). The van der Waals surface area contributed by atoms with E-state index in [9.17, 15) is 9.59 Å². The number of carbonyl (C=O) groups is 2. The van der Waals surface area contributed by atoms with Gasteiger partial charge < -0.3 is 15.1 Å². The lowest BCUT2D eigenvalue weighted by Crippen LogP contribution is -2.50. The quantitative estimate of drug-likeness (QED) is 0.406. The second-order valence-electron chi connectivity index (χ2n) is 8.17. The number of carbonyl (C=O) groups excluding carboxylic acids is 2. The SMILES string of the molecule is CC(C)Sc1nnc(C(=O)C(NC(=O)C2CCCCCC2)C2CCNCC2)o1. The van der Waals surface area contributed by atoms with E-state index in [1.165, 1.54) is 24.6 Å². The van der Waals surface area contributed by atoms with Gasteiger partial charge >= 0.3 is 0 Å². The normalized spacial score (nSPS) is 20.7. The van der Waals surface area contributed by atoms with Gasteiger partial charge in [0, 0.05) is 11.2 Å². The second kappa shape index (κ2) is 10.4. The smallest absolute Gasteiger partial charge is 0.286 e. The summed E-state index contributed by atoms with van der Waals surface area (Å²) in [6.07, 6.45) is 8.08. The predicted molar refractivity (Wildman–Crippen MR) is 108 cm³/mol. The first kappa shape index (κ1) is 21.3. The molecule has 3 rings (SSSR count). The highest BCUT2D eigenvalue weighted by atomic mass is 32.2. The van der Waals surface area contributed by atoms with Crippen molar-refractivity contribution in [2.75, 3.05) is 13.1 Å². The van der Waals surface area contributed by atoms with E-state index >= 15 is 0 Å². The molecule has 1 aromatic rings. The summed E-state index contributed by atoms with van der Waals surface area (Å²) in [6, 6.07) is -0.588. The van der Waals surface area contributed by atoms with Crippen LogP contribution in [0.1, 0.15) is 75.9 Å². The third-order valence-corrected chi connectivity index (χ3v) is 6.45. The van der Waals surface area contributed by atoms with Crippen molar-refractivity contribution < 1.29 is 14.0 Å². The fourth-order valence-corrected chi connectivity index (χ4v) is 4.70. The molecular weight excluding hydrogens is 376 g/mol. The summed E-state index contributed by atoms with van der Waals surface area (Å²) in [6.45, 7) is 5.76. The van der Waals surface area contributed by atoms with Gasteiger partial charge in [-0.1, -0.05) is 51.3 Å². The van der Waals surface area contributed by atoms with E-state index in [-0.39, 0.29) is 29.4 Å². The maximum atomic E-state index is 13.2. The number of thioether (sulfide) groups is 1. The molecule has 1 atom stereocenters. The van der Waals surface area contributed by atoms with Crippen LogP contribution in [-0.2, 0) is 4.79 Å². The van der Waals surface area contributed by atoms with Gasteiger partial charge in [-0.15, -0.1) is 10.2 Å². The topological polar surface area (TPSA) is 97.1 Å². The highest BCUT2D eigenvalue weighted by Crippen LogP contribution is 2.26. The fourth-order valence-electron chi connectivity index (χ4n) is 4.08. The zero-order valence-electron chi connectivity index (χ0n) is 16.9. The maximum absolute atomic E-state index is 13.2. The van der Waals surface area contributed by atoms with Gasteiger partial charge in [-0.3, -0.25) is 9.59 Å². The molecule has 0 bridgehead atoms. The molecule has 156 valence electrons. The second-order valence-corrected chi connectivity index (χ2v) is 9.69. The van der Waals surface area contributed by atoms with E-state index in [1.54, 1.807) is 0 Å². The predicted octanol–water partition coefficient (Wildman–Crippen LogP) is 3.21. The molecule has 28 heavy (non-hydrogen) atoms. The Bertz CT molecular complexity index is 650. The maximum Gasteiger partial charge on any atom is 0.286 e. The van der Waals surface area contributed by atoms with Gasteiger partial charge in [0.1, 0.15) is 6.04 Å². The van der Waals surface area contributed by atoms with Crippen molar-refractivity contribution in [1.82, 2.24) is 20.8 Å². The molecule has 2 aliphatic rings. The van der Waals surface area contributed by atoms with Crippen LogP contribution in [0.15, 0.2) is 9.64 Å². The van der Waals surface area contributed by atoms with Gasteiger partial charge in [0.25, 0.3) is 11.1 Å². The van der Waals surface area contributed by atoms with Crippen LogP contribution in [0.4, 0.5) is 0 Å². The molecule has 2 fully saturated rings. The van der Waals surface area contributed by atoms with Crippen molar-refractivity contribution in [3.63, 3.8) is 0 Å². The molecule has 1 saturated heterocycles. The van der Waals surface area contributed by atoms with Gasteiger partial charge in [-0.2, -0.15) is 0 Å². The third-order valence-electron chi connectivity index (χ3n) is 5.62. The summed E-state index contributed by atoms with van der Waals surface area (Å²) in [7, 11) is 0. The summed E-state index contributed by atoms with van der Waals surface area (Å²) in [5.41, 5.74) is 0. The number of amides is 1. The number of nitrogens with one attached hydrogen (secondary N) is 2. The van der Waals surface area contributed by atoms with Crippen LogP contribution >= 0.6 is 11.8 Å². The van der Waals surface area contributed by atoms with E-state index in [0.717, 1.165) is 51.6 Å². The lowest BCUT2D eigenvalue weighted by molar-refractivity contribution is -0.126. The first-order valence-corrected chi connectivity index (χ1v) is 11.5. The molecule has 2 heterocycles. The molecule has 1 unspecified atom stereocenters. The third kappa shape index (κ3) is 5.80. The van der Waals surface area contributed by atoms with E-state index in [2.05, 4.69) is 20.8 Å². The van der Waals surface area contributed by atoms with Crippen molar-refractivity contribution in [2.45, 2.75) is 81.7 Å². The minimum atomic E-state index is -0.588. The number of hydrogen-bond donors (Lipinski definition) is 2. The Morgan fingerprint density at radius 1 is 1.07 bits per heavy atom. The number of ketones is 1. The van der Waals surface area contributed by atoms with Gasteiger partial charge in [-0.05, 0) is 44.7 Å². The summed E-state index contributed by atoms with van der Waals surface area (Å²) >= 11 is 1.43. The first-order valence-electron chi connectivity index (χ1n) is 10.6. The van der Waals surface area contributed by atoms with Crippen LogP contribution in [0.5, 0.6) is 0 Å². The van der Waals surface area contributed by atoms with Crippen molar-refractivity contribution in [3.8, 4) is 0 Å². The minimum absolute atomic E-state index is 0.00727. The van der Waals surface area contributed by atoms with Gasteiger partial charge in [0.05, 0.1) is 0 Å². The van der Waals surface area contributed by atoms with E-state index in [0.29, 0.717) is 10.5 Å². The molecule has 7 nitrogen and oxygen atoms in total. The Balaban J connectivity index is 1.73. The number of aromatic nitrogens is 2. The van der Waals surface area contributed by atoms with Gasteiger partial charge in [0.2, 0.25) is 11.7 Å². The molecule has 1 saturated carbocycles. The van der Waals surface area contributed by atoms with E-state index in [4.69, 9.17) is 4.42 Å². The van der Waals surface area contributed by atoms with Gasteiger partial charge in [0.15, 0.2) is 0 Å². The van der Waals surface area contributed by atoms with Crippen molar-refractivity contribution >= 4 is 23.5 Å². The Morgan fingerprint density at radius 2 is 1.75 bits per heavy atom. The fraction of sp³-hybridized carbons (Fsp3) is 0.800. The Kier molecular flexibility index (Phi) is 7.91. The van der Waals surface area contributed by atoms with Crippen molar-refractivity contribution in [1.29, 1.82) is 0 Å². The summed E-state index contributed by atoms with van der Waals surface area (Å²) in [4.78, 5) is 26.1. The Labute approximate surface area is 171 Å². The zero-order valence-corrected chi connectivity index (χ0v) is 17.7. The van der Waals surface area contributed by atoms with Crippen LogP contribution < -0.4 is 10.6 Å². The first-order chi connectivity index (χ1) is 13.5. The van der Waals surface area contributed by atoms with Crippen LogP contribution in [0.25, 0.3) is 0 Å². The number of rotatable bonds is 7. The average Bonchev–Trinajstić information content (AvgIpc) is 2.97. The summed E-state index contributed by atoms with van der Waals surface area (Å²) in [5.74, 6) is -0.134. The molecule has 0 aromatic carbocycles. The summed E-state index contributed by atoms with van der Waals surface area (Å²) < 4.78 is 5.60. The highest BCUT2D eigenvalue weighted by molar-refractivity contribution is 7.99. The molecule has 8 heteroatoms. The average molecular weight is 409 g/mol. The monoisotopic (exact) mass is 408 g/mol. The van der Waals surface area contributed by atoms with E-state index < -0.39 is 6.04 Å². The van der Waals surface area contributed by atoms with Crippen molar-refractivity contribution in [2.24, 2.45) is 11.8 Å². The number of Topliss-reactive ketones (excluding diaryl/α,β-unsaturated/α-hetero) is 1. The molecule has 1 aliphatic heterocycles. The van der Waals surface area contributed by atoms with Crippen LogP contribution in [0.2, 0.25) is 0 Å². The molecule has 1 amide bonds.